The van der Waals surface area contributed by atoms with Crippen LogP contribution in [0.5, 0.6) is 0 Å². The first-order valence-electron chi connectivity index (χ1n) is 10.4. The van der Waals surface area contributed by atoms with Crippen LogP contribution in [0.15, 0.2) is 29.1 Å². The Morgan fingerprint density at radius 3 is 2.41 bits per heavy atom. The van der Waals surface area contributed by atoms with Crippen LogP contribution in [0.4, 0.5) is 11.5 Å². The standard InChI is InChI=1S/C22H24ClN5O4/c1-12(2)9-17(29)27-7-5-26(6-8-27)16-4-3-13(10-15(16)23)28-18(30)11-14-19(20(28)24)22(32)25-21(14)31/h3-4,10-12H,5-9,24H2,1-2H3,(H,25,31,32). The summed E-state index contributed by atoms with van der Waals surface area (Å²) in [7, 11) is 0. The van der Waals surface area contributed by atoms with E-state index in [0.717, 1.165) is 16.3 Å². The summed E-state index contributed by atoms with van der Waals surface area (Å²) in [6, 6.07) is 6.18. The third kappa shape index (κ3) is 3.84. The van der Waals surface area contributed by atoms with Crippen LogP contribution in [-0.2, 0) is 4.79 Å². The van der Waals surface area contributed by atoms with Crippen molar-refractivity contribution in [1.82, 2.24) is 14.8 Å². The predicted molar refractivity (Wildman–Crippen MR) is 122 cm³/mol. The fourth-order valence-electron chi connectivity index (χ4n) is 4.11. The topological polar surface area (TPSA) is 118 Å². The van der Waals surface area contributed by atoms with Crippen LogP contribution in [0.3, 0.4) is 0 Å². The van der Waals surface area contributed by atoms with E-state index in [1.165, 1.54) is 0 Å². The van der Waals surface area contributed by atoms with Gasteiger partial charge in [0.05, 0.1) is 27.5 Å². The lowest BCUT2D eigenvalue weighted by Crippen LogP contribution is -2.49. The largest absolute Gasteiger partial charge is 0.384 e. The van der Waals surface area contributed by atoms with Gasteiger partial charge in [0.25, 0.3) is 17.4 Å². The maximum atomic E-state index is 12.6. The van der Waals surface area contributed by atoms with E-state index in [1.54, 1.807) is 18.2 Å². The first kappa shape index (κ1) is 21.9. The molecule has 168 valence electrons. The van der Waals surface area contributed by atoms with Crippen molar-refractivity contribution in [3.63, 3.8) is 0 Å². The van der Waals surface area contributed by atoms with Crippen LogP contribution in [0, 0.1) is 5.92 Å². The van der Waals surface area contributed by atoms with Crippen LogP contribution in [0.1, 0.15) is 41.0 Å². The Kier molecular flexibility index (Phi) is 5.68. The molecule has 2 aliphatic heterocycles. The van der Waals surface area contributed by atoms with Crippen molar-refractivity contribution in [2.45, 2.75) is 20.3 Å². The molecule has 0 saturated carbocycles. The van der Waals surface area contributed by atoms with Crippen molar-refractivity contribution < 1.29 is 14.4 Å². The number of hydrogen-bond acceptors (Lipinski definition) is 6. The number of rotatable bonds is 4. The second kappa shape index (κ2) is 8.31. The summed E-state index contributed by atoms with van der Waals surface area (Å²) in [5.74, 6) is -0.905. The van der Waals surface area contributed by atoms with Crippen LogP contribution in [-0.4, -0.2) is 53.4 Å². The molecule has 4 rings (SSSR count). The fourth-order valence-corrected chi connectivity index (χ4v) is 4.41. The Hall–Kier alpha value is -3.33. The van der Waals surface area contributed by atoms with Gasteiger partial charge in [-0.15, -0.1) is 0 Å². The molecule has 2 aliphatic rings. The number of carbonyl (C=O) groups excluding carboxylic acids is 3. The molecule has 3 N–H and O–H groups in total. The predicted octanol–water partition coefficient (Wildman–Crippen LogP) is 1.65. The highest BCUT2D eigenvalue weighted by molar-refractivity contribution is 6.33. The average Bonchev–Trinajstić information content (AvgIpc) is 3.01. The van der Waals surface area contributed by atoms with Crippen molar-refractivity contribution in [3.8, 4) is 5.69 Å². The van der Waals surface area contributed by atoms with Gasteiger partial charge in [-0.2, -0.15) is 0 Å². The second-order valence-electron chi connectivity index (χ2n) is 8.38. The summed E-state index contributed by atoms with van der Waals surface area (Å²) >= 11 is 6.54. The Morgan fingerprint density at radius 1 is 1.09 bits per heavy atom. The summed E-state index contributed by atoms with van der Waals surface area (Å²) in [4.78, 5) is 52.8. The number of nitrogen functional groups attached to an aromatic ring is 1. The van der Waals surface area contributed by atoms with E-state index in [2.05, 4.69) is 10.2 Å². The second-order valence-corrected chi connectivity index (χ2v) is 8.78. The zero-order valence-corrected chi connectivity index (χ0v) is 18.6. The molecular formula is C22H24ClN5O4. The SMILES string of the molecule is CC(C)CC(=O)N1CCN(c2ccc(-n3c(N)c4c(cc3=O)C(=O)NC4=O)cc2Cl)CC1. The minimum Gasteiger partial charge on any atom is -0.384 e. The van der Waals surface area contributed by atoms with Gasteiger partial charge >= 0.3 is 0 Å². The maximum Gasteiger partial charge on any atom is 0.262 e. The lowest BCUT2D eigenvalue weighted by Gasteiger charge is -2.37. The molecule has 1 saturated heterocycles. The number of anilines is 2. The lowest BCUT2D eigenvalue weighted by molar-refractivity contribution is -0.132. The number of nitrogens with zero attached hydrogens (tertiary/aromatic N) is 3. The number of aromatic nitrogens is 1. The zero-order chi connectivity index (χ0) is 23.2. The number of piperazine rings is 1. The van der Waals surface area contributed by atoms with Crippen molar-refractivity contribution in [3.05, 3.63) is 50.8 Å². The molecule has 0 aliphatic carbocycles. The number of nitrogens with one attached hydrogen (secondary N) is 1. The van der Waals surface area contributed by atoms with E-state index in [4.69, 9.17) is 17.3 Å². The Labute approximate surface area is 189 Å². The van der Waals surface area contributed by atoms with Crippen molar-refractivity contribution in [2.75, 3.05) is 36.8 Å². The molecule has 1 fully saturated rings. The van der Waals surface area contributed by atoms with Gasteiger partial charge in [-0.05, 0) is 24.1 Å². The summed E-state index contributed by atoms with van der Waals surface area (Å²) < 4.78 is 1.16. The fraction of sp³-hybridized carbons (Fsp3) is 0.364. The third-order valence-electron chi connectivity index (χ3n) is 5.70. The van der Waals surface area contributed by atoms with Gasteiger partial charge < -0.3 is 15.5 Å². The smallest absolute Gasteiger partial charge is 0.262 e. The first-order chi connectivity index (χ1) is 15.2. The minimum absolute atomic E-state index is 0.0167. The Balaban J connectivity index is 1.58. The zero-order valence-electron chi connectivity index (χ0n) is 17.9. The van der Waals surface area contributed by atoms with E-state index in [9.17, 15) is 19.2 Å². The number of hydrogen-bond donors (Lipinski definition) is 2. The van der Waals surface area contributed by atoms with Crippen LogP contribution in [0.2, 0.25) is 5.02 Å². The summed E-state index contributed by atoms with van der Waals surface area (Å²) in [6.07, 6.45) is 0.538. The number of amides is 3. The van der Waals surface area contributed by atoms with Gasteiger partial charge in [0.15, 0.2) is 0 Å². The molecule has 0 unspecified atom stereocenters. The molecule has 0 spiro atoms. The molecule has 1 aromatic heterocycles. The molecule has 3 heterocycles. The third-order valence-corrected chi connectivity index (χ3v) is 6.00. The number of nitrogens with two attached hydrogens (primary N) is 1. The normalized spacial score (nSPS) is 15.9. The van der Waals surface area contributed by atoms with Crippen LogP contribution in [0.25, 0.3) is 5.69 Å². The molecule has 1 aromatic carbocycles. The number of pyridine rings is 1. The maximum absolute atomic E-state index is 12.6. The number of halogens is 1. The Bertz CT molecular complexity index is 1180. The van der Waals surface area contributed by atoms with Crippen molar-refractivity contribution in [1.29, 1.82) is 0 Å². The highest BCUT2D eigenvalue weighted by atomic mass is 35.5. The quantitative estimate of drug-likeness (QED) is 0.674. The molecule has 0 atom stereocenters. The number of imide groups is 1. The summed E-state index contributed by atoms with van der Waals surface area (Å²) in [6.45, 7) is 6.57. The van der Waals surface area contributed by atoms with E-state index < -0.39 is 17.4 Å². The van der Waals surface area contributed by atoms with Gasteiger partial charge in [0, 0.05) is 38.7 Å². The molecule has 9 nitrogen and oxygen atoms in total. The van der Waals surface area contributed by atoms with E-state index in [0.29, 0.717) is 49.2 Å². The van der Waals surface area contributed by atoms with E-state index in [-0.39, 0.29) is 22.9 Å². The van der Waals surface area contributed by atoms with E-state index in [1.807, 2.05) is 18.7 Å². The highest BCUT2D eigenvalue weighted by Gasteiger charge is 2.32. The number of carbonyl (C=O) groups is 3. The average molecular weight is 458 g/mol. The molecule has 0 bridgehead atoms. The monoisotopic (exact) mass is 457 g/mol. The van der Waals surface area contributed by atoms with Gasteiger partial charge in [-0.1, -0.05) is 25.4 Å². The number of fused-ring (bicyclic) bond motifs is 1. The van der Waals surface area contributed by atoms with E-state index >= 15 is 0 Å². The van der Waals surface area contributed by atoms with Crippen molar-refractivity contribution in [2.24, 2.45) is 5.92 Å². The molecule has 3 amide bonds. The van der Waals surface area contributed by atoms with Crippen LogP contribution >= 0.6 is 11.6 Å². The molecule has 2 aromatic rings. The first-order valence-corrected chi connectivity index (χ1v) is 10.8. The van der Waals surface area contributed by atoms with Gasteiger partial charge in [0.1, 0.15) is 5.82 Å². The van der Waals surface area contributed by atoms with Gasteiger partial charge in [0.2, 0.25) is 5.91 Å². The highest BCUT2D eigenvalue weighted by Crippen LogP contribution is 2.31. The summed E-state index contributed by atoms with van der Waals surface area (Å²) in [5, 5.41) is 2.56. The van der Waals surface area contributed by atoms with Crippen LogP contribution < -0.4 is 21.5 Å². The molecule has 0 radical (unpaired) electrons. The molecular weight excluding hydrogens is 434 g/mol. The van der Waals surface area contributed by atoms with Gasteiger partial charge in [-0.25, -0.2) is 0 Å². The molecule has 10 heteroatoms. The number of benzene rings is 1. The van der Waals surface area contributed by atoms with Gasteiger partial charge in [-0.3, -0.25) is 29.1 Å². The van der Waals surface area contributed by atoms with Crippen molar-refractivity contribution >= 4 is 40.8 Å². The Morgan fingerprint density at radius 2 is 1.78 bits per heavy atom. The summed E-state index contributed by atoms with van der Waals surface area (Å²) in [5.41, 5.74) is 6.68. The molecule has 32 heavy (non-hydrogen) atoms. The lowest BCUT2D eigenvalue weighted by atomic mass is 10.1. The minimum atomic E-state index is -0.639.